The van der Waals surface area contributed by atoms with E-state index < -0.39 is 7.14 Å². The molecule has 1 aromatic rings. The molecule has 0 atom stereocenters. The van der Waals surface area contributed by atoms with E-state index in [-0.39, 0.29) is 0 Å². The van der Waals surface area contributed by atoms with Gasteiger partial charge in [-0.05, 0) is 25.7 Å². The topological polar surface area (TPSA) is 17.1 Å². The van der Waals surface area contributed by atoms with Gasteiger partial charge in [-0.1, -0.05) is 41.5 Å². The fourth-order valence-electron chi connectivity index (χ4n) is 2.97. The fourth-order valence-corrected chi connectivity index (χ4v) is 6.16. The first-order chi connectivity index (χ1) is 7.78. The Kier molecular flexibility index (Phi) is 2.52. The van der Waals surface area contributed by atoms with Crippen LogP contribution in [0.25, 0.3) is 0 Å². The average Bonchev–Trinajstić information content (AvgIpc) is 2.68. The molecule has 0 unspecified atom stereocenters. The Balaban J connectivity index is 1.92. The second-order valence-corrected chi connectivity index (χ2v) is 7.88. The van der Waals surface area contributed by atoms with E-state index in [1.807, 2.05) is 30.3 Å². The van der Waals surface area contributed by atoms with Gasteiger partial charge in [0.1, 0.15) is 7.14 Å². The minimum atomic E-state index is -2.10. The molecule has 2 aliphatic rings. The zero-order chi connectivity index (χ0) is 11.0. The van der Waals surface area contributed by atoms with E-state index in [4.69, 9.17) is 0 Å². The highest BCUT2D eigenvalue weighted by Crippen LogP contribution is 2.56. The van der Waals surface area contributed by atoms with Crippen molar-refractivity contribution in [2.75, 3.05) is 12.3 Å². The summed E-state index contributed by atoms with van der Waals surface area (Å²) in [5.74, 6) is 0. The molecule has 0 amide bonds. The van der Waals surface area contributed by atoms with E-state index in [1.165, 1.54) is 36.8 Å². The lowest BCUT2D eigenvalue weighted by molar-refractivity contribution is 0.585. The van der Waals surface area contributed by atoms with E-state index in [9.17, 15) is 4.57 Å². The van der Waals surface area contributed by atoms with Crippen molar-refractivity contribution in [1.29, 1.82) is 0 Å². The molecule has 0 fully saturated rings. The zero-order valence-corrected chi connectivity index (χ0v) is 10.4. The van der Waals surface area contributed by atoms with Gasteiger partial charge in [0, 0.05) is 17.6 Å². The number of hydrogen-bond acceptors (Lipinski definition) is 1. The normalized spacial score (nSPS) is 23.2. The van der Waals surface area contributed by atoms with Crippen LogP contribution in [0.15, 0.2) is 41.5 Å². The zero-order valence-electron chi connectivity index (χ0n) is 9.48. The van der Waals surface area contributed by atoms with Crippen LogP contribution in [0.5, 0.6) is 0 Å². The summed E-state index contributed by atoms with van der Waals surface area (Å²) in [7, 11) is -2.10. The average molecular weight is 232 g/mol. The Labute approximate surface area is 96.9 Å². The first-order valence-electron chi connectivity index (χ1n) is 6.11. The van der Waals surface area contributed by atoms with Crippen molar-refractivity contribution in [3.63, 3.8) is 0 Å². The van der Waals surface area contributed by atoms with Crippen LogP contribution in [0.3, 0.4) is 0 Å². The summed E-state index contributed by atoms with van der Waals surface area (Å²) in [4.78, 5) is 0. The number of benzene rings is 1. The molecule has 2 heteroatoms. The molecule has 1 aliphatic heterocycles. The maximum absolute atomic E-state index is 12.9. The Morgan fingerprint density at radius 2 is 1.44 bits per heavy atom. The maximum Gasteiger partial charge on any atom is 0.123 e. The van der Waals surface area contributed by atoms with E-state index in [0.717, 1.165) is 17.6 Å². The van der Waals surface area contributed by atoms with Crippen molar-refractivity contribution < 1.29 is 4.57 Å². The summed E-state index contributed by atoms with van der Waals surface area (Å²) in [5, 5.41) is 1.09. The monoisotopic (exact) mass is 232 g/mol. The third kappa shape index (κ3) is 1.68. The highest BCUT2D eigenvalue weighted by Gasteiger charge is 2.35. The first-order valence-corrected chi connectivity index (χ1v) is 8.19. The van der Waals surface area contributed by atoms with Gasteiger partial charge in [-0.2, -0.15) is 0 Å². The number of allylic oxidation sites excluding steroid dienone is 2. The third-order valence-electron chi connectivity index (χ3n) is 3.83. The van der Waals surface area contributed by atoms with Crippen molar-refractivity contribution in [3.8, 4) is 0 Å². The van der Waals surface area contributed by atoms with E-state index in [1.54, 1.807) is 0 Å². The first kappa shape index (κ1) is 10.4. The van der Waals surface area contributed by atoms with E-state index in [0.29, 0.717) is 0 Å². The largest absolute Gasteiger partial charge is 0.318 e. The van der Waals surface area contributed by atoms with E-state index >= 15 is 0 Å². The molecule has 0 radical (unpaired) electrons. The van der Waals surface area contributed by atoms with Gasteiger partial charge >= 0.3 is 0 Å². The Hall–Kier alpha value is -0.810. The second kappa shape index (κ2) is 3.89. The molecule has 1 aromatic carbocycles. The van der Waals surface area contributed by atoms with E-state index in [2.05, 4.69) is 0 Å². The predicted octanol–water partition coefficient (Wildman–Crippen LogP) is 3.56. The summed E-state index contributed by atoms with van der Waals surface area (Å²) in [6.07, 6.45) is 6.73. The van der Waals surface area contributed by atoms with Crippen molar-refractivity contribution >= 4 is 12.4 Å². The van der Waals surface area contributed by atoms with Gasteiger partial charge in [0.2, 0.25) is 0 Å². The molecule has 84 valence electrons. The Morgan fingerprint density at radius 1 is 0.875 bits per heavy atom. The molecular formula is C14H17OP. The summed E-state index contributed by atoms with van der Waals surface area (Å²) < 4.78 is 12.9. The Bertz CT molecular complexity index is 451. The molecule has 0 saturated carbocycles. The minimum absolute atomic E-state index is 0.867. The molecule has 0 N–H and O–H groups in total. The van der Waals surface area contributed by atoms with Crippen LogP contribution in [0.1, 0.15) is 25.7 Å². The molecule has 1 nitrogen and oxygen atoms in total. The third-order valence-corrected chi connectivity index (χ3v) is 6.85. The lowest BCUT2D eigenvalue weighted by Crippen LogP contribution is -2.06. The van der Waals surface area contributed by atoms with Crippen LogP contribution in [-0.2, 0) is 4.57 Å². The van der Waals surface area contributed by atoms with Gasteiger partial charge in [0.05, 0.1) is 0 Å². The van der Waals surface area contributed by atoms with Gasteiger partial charge in [0.25, 0.3) is 0 Å². The lowest BCUT2D eigenvalue weighted by atomic mass is 9.94. The van der Waals surface area contributed by atoms with Gasteiger partial charge < -0.3 is 4.57 Å². The van der Waals surface area contributed by atoms with Crippen molar-refractivity contribution in [2.24, 2.45) is 0 Å². The maximum atomic E-state index is 12.9. The molecule has 16 heavy (non-hydrogen) atoms. The highest BCUT2D eigenvalue weighted by atomic mass is 31.2. The standard InChI is InChI=1S/C14H17OP/c15-16(14-8-2-1-3-9-14)10-12-6-4-5-7-13(12)11-16/h1-3,8-9H,4-7,10-11H2. The highest BCUT2D eigenvalue weighted by molar-refractivity contribution is 7.72. The van der Waals surface area contributed by atoms with Gasteiger partial charge in [-0.15, -0.1) is 0 Å². The van der Waals surface area contributed by atoms with Crippen LogP contribution in [0.2, 0.25) is 0 Å². The van der Waals surface area contributed by atoms with Crippen LogP contribution < -0.4 is 5.30 Å². The van der Waals surface area contributed by atoms with Crippen molar-refractivity contribution in [3.05, 3.63) is 41.5 Å². The molecule has 0 saturated heterocycles. The number of rotatable bonds is 1. The molecular weight excluding hydrogens is 215 g/mol. The molecule has 0 bridgehead atoms. The van der Waals surface area contributed by atoms with Gasteiger partial charge in [0.15, 0.2) is 0 Å². The van der Waals surface area contributed by atoms with Gasteiger partial charge in [-0.25, -0.2) is 0 Å². The smallest absolute Gasteiger partial charge is 0.123 e. The molecule has 3 rings (SSSR count). The summed E-state index contributed by atoms with van der Waals surface area (Å²) in [5.41, 5.74) is 3.05. The van der Waals surface area contributed by atoms with Crippen LogP contribution in [-0.4, -0.2) is 12.3 Å². The van der Waals surface area contributed by atoms with Crippen LogP contribution >= 0.6 is 7.14 Å². The predicted molar refractivity (Wildman–Crippen MR) is 68.9 cm³/mol. The van der Waals surface area contributed by atoms with Crippen LogP contribution in [0.4, 0.5) is 0 Å². The van der Waals surface area contributed by atoms with Gasteiger partial charge in [-0.3, -0.25) is 0 Å². The molecule has 1 heterocycles. The molecule has 0 aromatic heterocycles. The summed E-state index contributed by atoms with van der Waals surface area (Å²) >= 11 is 0. The fraction of sp³-hybridized carbons (Fsp3) is 0.429. The number of hydrogen-bond donors (Lipinski definition) is 0. The SMILES string of the molecule is O=P1(c2ccccc2)CC2=C(CCCC2)C1. The second-order valence-electron chi connectivity index (χ2n) is 4.96. The summed E-state index contributed by atoms with van der Waals surface area (Å²) in [6.45, 7) is 0. The minimum Gasteiger partial charge on any atom is -0.318 e. The van der Waals surface area contributed by atoms with Crippen molar-refractivity contribution in [1.82, 2.24) is 0 Å². The molecule has 1 aliphatic carbocycles. The van der Waals surface area contributed by atoms with Crippen molar-refractivity contribution in [2.45, 2.75) is 25.7 Å². The van der Waals surface area contributed by atoms with Crippen LogP contribution in [0, 0.1) is 0 Å². The molecule has 0 spiro atoms. The summed E-state index contributed by atoms with van der Waals surface area (Å²) in [6, 6.07) is 10.1. The lowest BCUT2D eigenvalue weighted by Gasteiger charge is -2.11. The quantitative estimate of drug-likeness (QED) is 0.534. The Morgan fingerprint density at radius 3 is 2.00 bits per heavy atom.